The number of rotatable bonds is 2. The maximum atomic E-state index is 3.67. The third kappa shape index (κ3) is 2.08. The van der Waals surface area contributed by atoms with Gasteiger partial charge in [0, 0.05) is 24.2 Å². The van der Waals surface area contributed by atoms with Gasteiger partial charge in [-0.3, -0.25) is 0 Å². The lowest BCUT2D eigenvalue weighted by molar-refractivity contribution is 0.399. The second-order valence-electron chi connectivity index (χ2n) is 6.16. The molecule has 2 heteroatoms. The van der Waals surface area contributed by atoms with Crippen molar-refractivity contribution in [1.29, 1.82) is 0 Å². The molecule has 19 heavy (non-hydrogen) atoms. The van der Waals surface area contributed by atoms with Crippen molar-refractivity contribution in [1.82, 2.24) is 9.88 Å². The maximum Gasteiger partial charge on any atom is 0.0513 e. The fraction of sp³-hybridized carbons (Fsp3) is 0.529. The third-order valence-corrected chi connectivity index (χ3v) is 4.74. The van der Waals surface area contributed by atoms with Crippen molar-refractivity contribution in [2.75, 3.05) is 6.54 Å². The standard InChI is InChI=1S/C17H22N2/c1-2-7-18-16(5-1)12-13-10-14-4-3-8-19-9-6-15(11-13)17(14)19/h6,9-11,16,18H,1-5,7-8,12H2. The molecule has 2 aliphatic rings. The topological polar surface area (TPSA) is 17.0 Å². The monoisotopic (exact) mass is 254 g/mol. The normalized spacial score (nSPS) is 22.8. The lowest BCUT2D eigenvalue weighted by atomic mass is 9.94. The van der Waals surface area contributed by atoms with Gasteiger partial charge in [0.15, 0.2) is 0 Å². The fourth-order valence-electron chi connectivity index (χ4n) is 3.83. The van der Waals surface area contributed by atoms with Crippen LogP contribution in [0.15, 0.2) is 24.4 Å². The Hall–Kier alpha value is -1.28. The van der Waals surface area contributed by atoms with Gasteiger partial charge in [-0.1, -0.05) is 12.5 Å². The highest BCUT2D eigenvalue weighted by molar-refractivity contribution is 5.84. The average Bonchev–Trinajstić information content (AvgIpc) is 2.85. The molecule has 0 amide bonds. The van der Waals surface area contributed by atoms with Crippen LogP contribution in [0.25, 0.3) is 10.9 Å². The minimum Gasteiger partial charge on any atom is -0.347 e. The fourth-order valence-corrected chi connectivity index (χ4v) is 3.83. The first-order chi connectivity index (χ1) is 9.40. The van der Waals surface area contributed by atoms with Crippen LogP contribution in [-0.4, -0.2) is 17.2 Å². The smallest absolute Gasteiger partial charge is 0.0513 e. The summed E-state index contributed by atoms with van der Waals surface area (Å²) in [5.41, 5.74) is 4.59. The molecular weight excluding hydrogens is 232 g/mol. The molecule has 2 aromatic rings. The minimum absolute atomic E-state index is 0.698. The van der Waals surface area contributed by atoms with Gasteiger partial charge in [0.2, 0.25) is 0 Å². The molecule has 3 heterocycles. The van der Waals surface area contributed by atoms with Crippen LogP contribution >= 0.6 is 0 Å². The van der Waals surface area contributed by atoms with Crippen LogP contribution < -0.4 is 5.32 Å². The van der Waals surface area contributed by atoms with Crippen molar-refractivity contribution in [3.05, 3.63) is 35.5 Å². The number of piperidine rings is 1. The number of nitrogens with zero attached hydrogens (tertiary/aromatic N) is 1. The van der Waals surface area contributed by atoms with Crippen LogP contribution in [0.3, 0.4) is 0 Å². The summed E-state index contributed by atoms with van der Waals surface area (Å²) >= 11 is 0. The Morgan fingerprint density at radius 1 is 1.21 bits per heavy atom. The Balaban J connectivity index is 1.67. The molecule has 1 aromatic heterocycles. The van der Waals surface area contributed by atoms with Gasteiger partial charge in [0.25, 0.3) is 0 Å². The van der Waals surface area contributed by atoms with E-state index in [4.69, 9.17) is 0 Å². The Morgan fingerprint density at radius 2 is 2.21 bits per heavy atom. The Kier molecular flexibility index (Phi) is 2.84. The lowest BCUT2D eigenvalue weighted by Gasteiger charge is -2.24. The van der Waals surface area contributed by atoms with Gasteiger partial charge >= 0.3 is 0 Å². The predicted molar refractivity (Wildman–Crippen MR) is 79.6 cm³/mol. The Bertz CT molecular complexity index is 591. The minimum atomic E-state index is 0.698. The van der Waals surface area contributed by atoms with Crippen LogP contribution in [0.2, 0.25) is 0 Å². The Labute approximate surface area is 114 Å². The maximum absolute atomic E-state index is 3.67. The number of benzene rings is 1. The molecule has 1 saturated heterocycles. The molecule has 0 aliphatic carbocycles. The summed E-state index contributed by atoms with van der Waals surface area (Å²) in [6.07, 6.45) is 10.1. The molecule has 0 saturated carbocycles. The highest BCUT2D eigenvalue weighted by Crippen LogP contribution is 2.28. The quantitative estimate of drug-likeness (QED) is 0.870. The van der Waals surface area contributed by atoms with Crippen LogP contribution in [0.1, 0.15) is 36.8 Å². The zero-order chi connectivity index (χ0) is 12.7. The van der Waals surface area contributed by atoms with Crippen LogP contribution in [0.5, 0.6) is 0 Å². The highest BCUT2D eigenvalue weighted by atomic mass is 15.0. The van der Waals surface area contributed by atoms with Crippen molar-refractivity contribution in [2.45, 2.75) is 51.1 Å². The molecule has 0 bridgehead atoms. The van der Waals surface area contributed by atoms with Gasteiger partial charge < -0.3 is 9.88 Å². The number of hydrogen-bond acceptors (Lipinski definition) is 1. The van der Waals surface area contributed by atoms with E-state index in [-0.39, 0.29) is 0 Å². The average molecular weight is 254 g/mol. The van der Waals surface area contributed by atoms with E-state index >= 15 is 0 Å². The molecule has 2 nitrogen and oxygen atoms in total. The van der Waals surface area contributed by atoms with E-state index in [1.807, 2.05) is 0 Å². The largest absolute Gasteiger partial charge is 0.347 e. The van der Waals surface area contributed by atoms with Crippen molar-refractivity contribution in [3.8, 4) is 0 Å². The molecule has 1 fully saturated rings. The SMILES string of the molecule is c1c(CC2CCCCN2)cc2ccn3c2c1CCC3. The summed E-state index contributed by atoms with van der Waals surface area (Å²) in [4.78, 5) is 0. The zero-order valence-corrected chi connectivity index (χ0v) is 11.5. The molecule has 1 atom stereocenters. The second kappa shape index (κ2) is 4.68. The van der Waals surface area contributed by atoms with Crippen LogP contribution in [0, 0.1) is 0 Å². The van der Waals surface area contributed by atoms with Crippen LogP contribution in [0.4, 0.5) is 0 Å². The van der Waals surface area contributed by atoms with Crippen LogP contribution in [-0.2, 0) is 19.4 Å². The van der Waals surface area contributed by atoms with E-state index in [0.29, 0.717) is 6.04 Å². The highest BCUT2D eigenvalue weighted by Gasteiger charge is 2.16. The molecule has 1 unspecified atom stereocenters. The van der Waals surface area contributed by atoms with Gasteiger partial charge in [0.05, 0.1) is 5.52 Å². The van der Waals surface area contributed by atoms with E-state index in [1.165, 1.54) is 68.1 Å². The molecule has 0 radical (unpaired) electrons. The van der Waals surface area contributed by atoms with Gasteiger partial charge in [0.1, 0.15) is 0 Å². The summed E-state index contributed by atoms with van der Waals surface area (Å²) in [5, 5.41) is 5.11. The van der Waals surface area contributed by atoms with E-state index in [9.17, 15) is 0 Å². The van der Waals surface area contributed by atoms with Gasteiger partial charge in [-0.25, -0.2) is 0 Å². The summed E-state index contributed by atoms with van der Waals surface area (Å²) in [5.74, 6) is 0. The summed E-state index contributed by atoms with van der Waals surface area (Å²) in [7, 11) is 0. The van der Waals surface area contributed by atoms with Gasteiger partial charge in [-0.15, -0.1) is 0 Å². The van der Waals surface area contributed by atoms with Crippen molar-refractivity contribution in [3.63, 3.8) is 0 Å². The second-order valence-corrected chi connectivity index (χ2v) is 6.16. The number of nitrogens with one attached hydrogen (secondary N) is 1. The van der Waals surface area contributed by atoms with E-state index < -0.39 is 0 Å². The first-order valence-corrected chi connectivity index (χ1v) is 7.74. The Morgan fingerprint density at radius 3 is 3.11 bits per heavy atom. The van der Waals surface area contributed by atoms with E-state index in [1.54, 1.807) is 5.56 Å². The molecule has 1 N–H and O–H groups in total. The molecule has 100 valence electrons. The van der Waals surface area contributed by atoms with E-state index in [0.717, 1.165) is 0 Å². The first kappa shape index (κ1) is 11.5. The lowest BCUT2D eigenvalue weighted by Crippen LogP contribution is -2.35. The summed E-state index contributed by atoms with van der Waals surface area (Å²) in [6, 6.07) is 7.87. The van der Waals surface area contributed by atoms with Crippen molar-refractivity contribution in [2.24, 2.45) is 0 Å². The number of aryl methyl sites for hydroxylation is 2. The molecule has 0 spiro atoms. The molecular formula is C17H22N2. The number of aromatic nitrogens is 1. The predicted octanol–water partition coefficient (Wildman–Crippen LogP) is 3.27. The van der Waals surface area contributed by atoms with E-state index in [2.05, 4.69) is 34.3 Å². The first-order valence-electron chi connectivity index (χ1n) is 7.74. The van der Waals surface area contributed by atoms with Gasteiger partial charge in [-0.05, 0) is 61.9 Å². The van der Waals surface area contributed by atoms with Crippen molar-refractivity contribution >= 4 is 10.9 Å². The molecule has 2 aliphatic heterocycles. The number of hydrogen-bond donors (Lipinski definition) is 1. The molecule has 4 rings (SSSR count). The van der Waals surface area contributed by atoms with Gasteiger partial charge in [-0.2, -0.15) is 0 Å². The zero-order valence-electron chi connectivity index (χ0n) is 11.5. The van der Waals surface area contributed by atoms with Crippen molar-refractivity contribution < 1.29 is 0 Å². The summed E-state index contributed by atoms with van der Waals surface area (Å²) < 4.78 is 2.43. The molecule has 1 aromatic carbocycles. The third-order valence-electron chi connectivity index (χ3n) is 4.74. The summed E-state index contributed by atoms with van der Waals surface area (Å²) in [6.45, 7) is 2.40.